The van der Waals surface area contributed by atoms with Gasteiger partial charge in [-0.3, -0.25) is 14.9 Å². The van der Waals surface area contributed by atoms with E-state index in [-0.39, 0.29) is 17.2 Å². The molecule has 1 aliphatic rings. The molecular formula is C9H16BNO2. The van der Waals surface area contributed by atoms with Gasteiger partial charge in [0.1, 0.15) is 7.85 Å². The normalized spacial score (nSPS) is 30.1. The highest BCUT2D eigenvalue weighted by Gasteiger charge is 2.46. The van der Waals surface area contributed by atoms with Crippen LogP contribution in [0.5, 0.6) is 0 Å². The third-order valence-corrected chi connectivity index (χ3v) is 3.26. The average molecular weight is 181 g/mol. The fourth-order valence-corrected chi connectivity index (χ4v) is 1.52. The Morgan fingerprint density at radius 3 is 2.31 bits per heavy atom. The highest BCUT2D eigenvalue weighted by atomic mass is 16.2. The maximum Gasteiger partial charge on any atom is 0.226 e. The van der Waals surface area contributed by atoms with Gasteiger partial charge in [-0.1, -0.05) is 20.8 Å². The minimum atomic E-state index is -0.416. The van der Waals surface area contributed by atoms with Crippen molar-refractivity contribution < 1.29 is 9.59 Å². The van der Waals surface area contributed by atoms with Crippen LogP contribution in [0.1, 0.15) is 33.6 Å². The monoisotopic (exact) mass is 181 g/mol. The lowest BCUT2D eigenvalue weighted by Gasteiger charge is -2.42. The summed E-state index contributed by atoms with van der Waals surface area (Å²) >= 11 is 0. The number of hydrogen-bond acceptors (Lipinski definition) is 2. The van der Waals surface area contributed by atoms with E-state index in [2.05, 4.69) is 5.32 Å². The minimum Gasteiger partial charge on any atom is -0.297 e. The molecule has 13 heavy (non-hydrogen) atoms. The SMILES string of the molecule is BC1(C(C)(C)C)CCC(=O)NC1=O. The van der Waals surface area contributed by atoms with E-state index >= 15 is 0 Å². The predicted octanol–water partition coefficient (Wildman–Crippen LogP) is 0.261. The topological polar surface area (TPSA) is 46.2 Å². The van der Waals surface area contributed by atoms with Crippen LogP contribution in [0.25, 0.3) is 0 Å². The van der Waals surface area contributed by atoms with Crippen molar-refractivity contribution in [3.8, 4) is 0 Å². The zero-order valence-corrected chi connectivity index (χ0v) is 8.73. The van der Waals surface area contributed by atoms with E-state index in [1.165, 1.54) is 0 Å². The number of amides is 2. The molecule has 1 unspecified atom stereocenters. The van der Waals surface area contributed by atoms with Crippen molar-refractivity contribution in [3.05, 3.63) is 0 Å². The highest BCUT2D eigenvalue weighted by Crippen LogP contribution is 2.47. The Morgan fingerprint density at radius 2 is 1.92 bits per heavy atom. The summed E-state index contributed by atoms with van der Waals surface area (Å²) in [7, 11) is 1.93. The minimum absolute atomic E-state index is 0.0994. The van der Waals surface area contributed by atoms with Crippen molar-refractivity contribution in [3.63, 3.8) is 0 Å². The largest absolute Gasteiger partial charge is 0.297 e. The van der Waals surface area contributed by atoms with Gasteiger partial charge in [0.05, 0.1) is 0 Å². The summed E-state index contributed by atoms with van der Waals surface area (Å²) in [5.74, 6) is -0.275. The van der Waals surface area contributed by atoms with Gasteiger partial charge in [-0.05, 0) is 11.8 Å². The second-order valence-electron chi connectivity index (χ2n) is 4.96. The summed E-state index contributed by atoms with van der Waals surface area (Å²) < 4.78 is 0. The molecule has 1 aliphatic heterocycles. The van der Waals surface area contributed by atoms with Gasteiger partial charge in [0.15, 0.2) is 0 Å². The van der Waals surface area contributed by atoms with Crippen LogP contribution in [-0.4, -0.2) is 19.7 Å². The first-order valence-electron chi connectivity index (χ1n) is 4.62. The Bertz CT molecular complexity index is 257. The van der Waals surface area contributed by atoms with Crippen molar-refractivity contribution in [2.45, 2.75) is 38.9 Å². The average Bonchev–Trinajstić information content (AvgIpc) is 1.95. The van der Waals surface area contributed by atoms with E-state index in [4.69, 9.17) is 0 Å². The molecule has 1 atom stereocenters. The number of hydrogen-bond donors (Lipinski definition) is 1. The van der Waals surface area contributed by atoms with Gasteiger partial charge < -0.3 is 0 Å². The van der Waals surface area contributed by atoms with Crippen LogP contribution in [0.2, 0.25) is 5.31 Å². The lowest BCUT2D eigenvalue weighted by atomic mass is 9.51. The van der Waals surface area contributed by atoms with Crippen LogP contribution in [0.3, 0.4) is 0 Å². The van der Waals surface area contributed by atoms with Crippen LogP contribution >= 0.6 is 0 Å². The van der Waals surface area contributed by atoms with Gasteiger partial charge in [0, 0.05) is 11.7 Å². The van der Waals surface area contributed by atoms with Crippen molar-refractivity contribution >= 4 is 19.7 Å². The molecule has 1 heterocycles. The van der Waals surface area contributed by atoms with Crippen LogP contribution in [0, 0.1) is 5.41 Å². The standard InChI is InChI=1S/C9H16BNO2/c1-8(2,3)9(10)5-4-6(12)11-7(9)13/h4-5,10H2,1-3H3,(H,11,12,13). The highest BCUT2D eigenvalue weighted by molar-refractivity contribution is 6.31. The first-order valence-corrected chi connectivity index (χ1v) is 4.62. The number of piperidine rings is 1. The molecule has 0 spiro atoms. The maximum atomic E-state index is 11.6. The number of carbonyl (C=O) groups is 2. The maximum absolute atomic E-state index is 11.6. The molecule has 0 aromatic heterocycles. The Hall–Kier alpha value is -0.795. The van der Waals surface area contributed by atoms with Gasteiger partial charge in [0.2, 0.25) is 11.8 Å². The van der Waals surface area contributed by atoms with Crippen LogP contribution < -0.4 is 5.32 Å². The first-order chi connectivity index (χ1) is 5.77. The molecule has 1 rings (SSSR count). The second kappa shape index (κ2) is 2.86. The summed E-state index contributed by atoms with van der Waals surface area (Å²) in [6.45, 7) is 6.09. The van der Waals surface area contributed by atoms with Crippen molar-refractivity contribution in [1.82, 2.24) is 5.32 Å². The number of imide groups is 1. The zero-order valence-electron chi connectivity index (χ0n) is 8.73. The molecule has 0 aromatic rings. The quantitative estimate of drug-likeness (QED) is 0.430. The Kier molecular flexibility index (Phi) is 2.26. The molecule has 0 radical (unpaired) electrons. The van der Waals surface area contributed by atoms with Crippen LogP contribution in [0.4, 0.5) is 0 Å². The number of rotatable bonds is 0. The van der Waals surface area contributed by atoms with E-state index in [1.54, 1.807) is 0 Å². The fraction of sp³-hybridized carbons (Fsp3) is 0.778. The molecule has 0 bridgehead atoms. The summed E-state index contributed by atoms with van der Waals surface area (Å²) in [6.07, 6.45) is 1.11. The molecule has 0 aromatic carbocycles. The van der Waals surface area contributed by atoms with Gasteiger partial charge >= 0.3 is 0 Å². The summed E-state index contributed by atoms with van der Waals surface area (Å²) in [5.41, 5.74) is -0.0994. The molecule has 1 saturated heterocycles. The lowest BCUT2D eigenvalue weighted by molar-refractivity contribution is -0.138. The molecule has 1 fully saturated rings. The van der Waals surface area contributed by atoms with Gasteiger partial charge in [-0.15, -0.1) is 0 Å². The smallest absolute Gasteiger partial charge is 0.226 e. The van der Waals surface area contributed by atoms with Crippen LogP contribution in [-0.2, 0) is 9.59 Å². The fourth-order valence-electron chi connectivity index (χ4n) is 1.52. The van der Waals surface area contributed by atoms with Crippen molar-refractivity contribution in [1.29, 1.82) is 0 Å². The van der Waals surface area contributed by atoms with E-state index in [1.807, 2.05) is 28.6 Å². The van der Waals surface area contributed by atoms with Crippen LogP contribution in [0.15, 0.2) is 0 Å². The molecule has 72 valence electrons. The third-order valence-electron chi connectivity index (χ3n) is 3.26. The number of carbonyl (C=O) groups excluding carboxylic acids is 2. The molecular weight excluding hydrogens is 165 g/mol. The zero-order chi connectivity index (χ0) is 10.3. The van der Waals surface area contributed by atoms with E-state index in [0.29, 0.717) is 12.8 Å². The number of nitrogens with one attached hydrogen (secondary N) is 1. The molecule has 4 heteroatoms. The lowest BCUT2D eigenvalue weighted by Crippen LogP contribution is -2.50. The molecule has 2 amide bonds. The molecule has 1 N–H and O–H groups in total. The second-order valence-corrected chi connectivity index (χ2v) is 4.96. The Morgan fingerprint density at radius 1 is 1.38 bits per heavy atom. The predicted molar refractivity (Wildman–Crippen MR) is 53.1 cm³/mol. The summed E-state index contributed by atoms with van der Waals surface area (Å²) in [6, 6.07) is 0. The molecule has 0 aliphatic carbocycles. The third kappa shape index (κ3) is 1.62. The summed E-state index contributed by atoms with van der Waals surface area (Å²) in [5, 5.41) is 1.98. The summed E-state index contributed by atoms with van der Waals surface area (Å²) in [4.78, 5) is 22.6. The van der Waals surface area contributed by atoms with E-state index in [9.17, 15) is 9.59 Å². The Labute approximate surface area is 79.7 Å². The first kappa shape index (κ1) is 10.3. The van der Waals surface area contributed by atoms with Crippen molar-refractivity contribution in [2.24, 2.45) is 5.41 Å². The molecule has 3 nitrogen and oxygen atoms in total. The van der Waals surface area contributed by atoms with Crippen molar-refractivity contribution in [2.75, 3.05) is 0 Å². The molecule has 0 saturated carbocycles. The van der Waals surface area contributed by atoms with E-state index in [0.717, 1.165) is 0 Å². The van der Waals surface area contributed by atoms with Gasteiger partial charge in [-0.2, -0.15) is 0 Å². The van der Waals surface area contributed by atoms with Gasteiger partial charge in [-0.25, -0.2) is 0 Å². The van der Waals surface area contributed by atoms with E-state index < -0.39 is 5.31 Å². The Balaban J connectivity index is 2.92. The van der Waals surface area contributed by atoms with Gasteiger partial charge in [0.25, 0.3) is 0 Å².